The third kappa shape index (κ3) is 1.28. The van der Waals surface area contributed by atoms with Gasteiger partial charge < -0.3 is 4.74 Å². The van der Waals surface area contributed by atoms with Crippen molar-refractivity contribution in [2.24, 2.45) is 4.99 Å². The van der Waals surface area contributed by atoms with E-state index in [1.807, 2.05) is 24.3 Å². The van der Waals surface area contributed by atoms with Crippen LogP contribution in [0, 0.1) is 0 Å². The number of rotatable bonds is 1. The standard InChI is InChI=1S/C13H10BrNO/c1-16-11-7-3-6-10-13(11)12-8(14)4-2-5-9(12)15-10/h2-5,7H,6H2,1H3. The number of methoxy groups -OCH3 is 1. The molecular weight excluding hydrogens is 266 g/mol. The van der Waals surface area contributed by atoms with Crippen molar-refractivity contribution in [3.63, 3.8) is 0 Å². The number of allylic oxidation sites excluding steroid dienone is 3. The van der Waals surface area contributed by atoms with Crippen LogP contribution in [0.3, 0.4) is 0 Å². The van der Waals surface area contributed by atoms with Crippen molar-refractivity contribution in [1.82, 2.24) is 0 Å². The highest BCUT2D eigenvalue weighted by atomic mass is 79.9. The van der Waals surface area contributed by atoms with Gasteiger partial charge in [0.05, 0.1) is 18.5 Å². The van der Waals surface area contributed by atoms with Crippen LogP contribution in [0.25, 0.3) is 5.57 Å². The van der Waals surface area contributed by atoms with E-state index in [4.69, 9.17) is 4.74 Å². The summed E-state index contributed by atoms with van der Waals surface area (Å²) < 4.78 is 6.48. The van der Waals surface area contributed by atoms with Gasteiger partial charge in [0, 0.05) is 22.0 Å². The average molecular weight is 276 g/mol. The van der Waals surface area contributed by atoms with Gasteiger partial charge in [0.25, 0.3) is 0 Å². The lowest BCUT2D eigenvalue weighted by Gasteiger charge is -2.13. The van der Waals surface area contributed by atoms with Gasteiger partial charge in [-0.3, -0.25) is 4.99 Å². The summed E-state index contributed by atoms with van der Waals surface area (Å²) in [6.45, 7) is 0. The molecule has 0 aromatic heterocycles. The van der Waals surface area contributed by atoms with Crippen LogP contribution in [-0.4, -0.2) is 12.8 Å². The molecule has 0 N–H and O–H groups in total. The number of hydrogen-bond acceptors (Lipinski definition) is 2. The molecule has 0 atom stereocenters. The average Bonchev–Trinajstić information content (AvgIpc) is 2.68. The second kappa shape index (κ2) is 3.59. The molecule has 2 aliphatic rings. The third-order valence-corrected chi connectivity index (χ3v) is 3.49. The Morgan fingerprint density at radius 1 is 1.38 bits per heavy atom. The number of ether oxygens (including phenoxy) is 1. The quantitative estimate of drug-likeness (QED) is 0.763. The Hall–Kier alpha value is -1.35. The SMILES string of the molecule is COC1=C2C(=Nc3cccc(Br)c32)CC=C1. The Morgan fingerprint density at radius 3 is 3.06 bits per heavy atom. The molecule has 0 spiro atoms. The van der Waals surface area contributed by atoms with E-state index in [9.17, 15) is 0 Å². The maximum atomic E-state index is 5.41. The summed E-state index contributed by atoms with van der Waals surface area (Å²) in [6, 6.07) is 6.08. The van der Waals surface area contributed by atoms with Crippen LogP contribution >= 0.6 is 15.9 Å². The first kappa shape index (κ1) is 9.85. The van der Waals surface area contributed by atoms with Gasteiger partial charge >= 0.3 is 0 Å². The fourth-order valence-corrected chi connectivity index (χ4v) is 2.70. The molecule has 16 heavy (non-hydrogen) atoms. The van der Waals surface area contributed by atoms with Crippen molar-refractivity contribution in [1.29, 1.82) is 0 Å². The van der Waals surface area contributed by atoms with Gasteiger partial charge in [0.1, 0.15) is 5.76 Å². The number of nitrogens with zero attached hydrogens (tertiary/aromatic N) is 1. The molecule has 0 radical (unpaired) electrons. The van der Waals surface area contributed by atoms with Crippen molar-refractivity contribution < 1.29 is 4.74 Å². The Kier molecular flexibility index (Phi) is 2.21. The number of fused-ring (bicyclic) bond motifs is 3. The van der Waals surface area contributed by atoms with Gasteiger partial charge in [-0.05, 0) is 18.2 Å². The lowest BCUT2D eigenvalue weighted by molar-refractivity contribution is 0.309. The van der Waals surface area contributed by atoms with E-state index in [1.54, 1.807) is 7.11 Å². The lowest BCUT2D eigenvalue weighted by Crippen LogP contribution is -2.04. The highest BCUT2D eigenvalue weighted by Gasteiger charge is 2.27. The van der Waals surface area contributed by atoms with E-state index in [1.165, 1.54) is 0 Å². The van der Waals surface area contributed by atoms with E-state index in [0.29, 0.717) is 0 Å². The van der Waals surface area contributed by atoms with Crippen LogP contribution in [0.5, 0.6) is 0 Å². The first-order valence-electron chi connectivity index (χ1n) is 5.13. The highest BCUT2D eigenvalue weighted by molar-refractivity contribution is 9.10. The van der Waals surface area contributed by atoms with Gasteiger partial charge in [-0.2, -0.15) is 0 Å². The molecule has 1 aromatic carbocycles. The zero-order chi connectivity index (χ0) is 11.1. The molecule has 0 bridgehead atoms. The molecule has 0 saturated heterocycles. The van der Waals surface area contributed by atoms with Crippen molar-refractivity contribution in [3.05, 3.63) is 46.1 Å². The lowest BCUT2D eigenvalue weighted by atomic mass is 9.96. The van der Waals surface area contributed by atoms with Gasteiger partial charge in [0.2, 0.25) is 0 Å². The van der Waals surface area contributed by atoms with E-state index in [0.717, 1.165) is 39.2 Å². The Labute approximate surface area is 102 Å². The molecule has 80 valence electrons. The molecule has 1 aliphatic carbocycles. The zero-order valence-corrected chi connectivity index (χ0v) is 10.4. The summed E-state index contributed by atoms with van der Waals surface area (Å²) in [6.07, 6.45) is 4.98. The van der Waals surface area contributed by atoms with Gasteiger partial charge in [-0.1, -0.05) is 28.1 Å². The van der Waals surface area contributed by atoms with Crippen LogP contribution in [0.2, 0.25) is 0 Å². The minimum atomic E-state index is 0.878. The van der Waals surface area contributed by atoms with E-state index < -0.39 is 0 Å². The van der Waals surface area contributed by atoms with Crippen LogP contribution < -0.4 is 0 Å². The highest BCUT2D eigenvalue weighted by Crippen LogP contribution is 2.43. The molecule has 1 aromatic rings. The Balaban J connectivity index is 2.31. The van der Waals surface area contributed by atoms with Gasteiger partial charge in [0.15, 0.2) is 0 Å². The summed E-state index contributed by atoms with van der Waals surface area (Å²) in [5.41, 5.74) is 4.41. The monoisotopic (exact) mass is 275 g/mol. The van der Waals surface area contributed by atoms with Crippen molar-refractivity contribution in [2.75, 3.05) is 7.11 Å². The normalized spacial score (nSPS) is 17.0. The fourth-order valence-electron chi connectivity index (χ4n) is 2.14. The van der Waals surface area contributed by atoms with Crippen LogP contribution in [-0.2, 0) is 4.74 Å². The second-order valence-electron chi connectivity index (χ2n) is 3.74. The molecule has 1 aliphatic heterocycles. The van der Waals surface area contributed by atoms with E-state index in [2.05, 4.69) is 27.0 Å². The van der Waals surface area contributed by atoms with Gasteiger partial charge in [-0.15, -0.1) is 0 Å². The number of aliphatic imine (C=N–C) groups is 1. The summed E-state index contributed by atoms with van der Waals surface area (Å²) in [5.74, 6) is 0.899. The van der Waals surface area contributed by atoms with Crippen LogP contribution in [0.15, 0.2) is 45.6 Å². The number of halogens is 1. The first-order valence-corrected chi connectivity index (χ1v) is 5.92. The topological polar surface area (TPSA) is 21.6 Å². The first-order chi connectivity index (χ1) is 7.81. The fraction of sp³-hybridized carbons (Fsp3) is 0.154. The summed E-state index contributed by atoms with van der Waals surface area (Å²) >= 11 is 3.58. The minimum absolute atomic E-state index is 0.878. The van der Waals surface area contributed by atoms with Crippen molar-refractivity contribution in [2.45, 2.75) is 6.42 Å². The van der Waals surface area contributed by atoms with E-state index >= 15 is 0 Å². The molecule has 0 saturated carbocycles. The molecule has 0 unspecified atom stereocenters. The minimum Gasteiger partial charge on any atom is -0.496 e. The maximum Gasteiger partial charge on any atom is 0.128 e. The molecule has 3 heteroatoms. The van der Waals surface area contributed by atoms with Crippen LogP contribution in [0.4, 0.5) is 5.69 Å². The van der Waals surface area contributed by atoms with E-state index in [-0.39, 0.29) is 0 Å². The summed E-state index contributed by atoms with van der Waals surface area (Å²) in [4.78, 5) is 4.63. The second-order valence-corrected chi connectivity index (χ2v) is 4.60. The molecule has 1 heterocycles. The largest absolute Gasteiger partial charge is 0.496 e. The van der Waals surface area contributed by atoms with Crippen LogP contribution in [0.1, 0.15) is 12.0 Å². The predicted octanol–water partition coefficient (Wildman–Crippen LogP) is 3.85. The molecule has 2 nitrogen and oxygen atoms in total. The summed E-state index contributed by atoms with van der Waals surface area (Å²) in [5, 5.41) is 0. The number of hydrogen-bond donors (Lipinski definition) is 0. The molecule has 0 amide bonds. The predicted molar refractivity (Wildman–Crippen MR) is 68.9 cm³/mol. The smallest absolute Gasteiger partial charge is 0.128 e. The number of benzene rings is 1. The molecule has 0 fully saturated rings. The maximum absolute atomic E-state index is 5.41. The summed E-state index contributed by atoms with van der Waals surface area (Å²) in [7, 11) is 1.70. The third-order valence-electron chi connectivity index (χ3n) is 2.83. The van der Waals surface area contributed by atoms with Crippen molar-refractivity contribution >= 4 is 32.9 Å². The van der Waals surface area contributed by atoms with Gasteiger partial charge in [-0.25, -0.2) is 0 Å². The molecule has 3 rings (SSSR count). The Morgan fingerprint density at radius 2 is 2.25 bits per heavy atom. The van der Waals surface area contributed by atoms with Crippen molar-refractivity contribution in [3.8, 4) is 0 Å². The Bertz CT molecular complexity index is 555. The molecular formula is C13H10BrNO. The zero-order valence-electron chi connectivity index (χ0n) is 8.83.